The topological polar surface area (TPSA) is 66.4 Å². The normalized spacial score (nSPS) is 20.5. The van der Waals surface area contributed by atoms with Gasteiger partial charge in [-0.25, -0.2) is 0 Å². The Morgan fingerprint density at radius 1 is 0.889 bits per heavy atom. The van der Waals surface area contributed by atoms with Gasteiger partial charge in [-0.1, -0.05) is 42.5 Å². The van der Waals surface area contributed by atoms with Crippen molar-refractivity contribution in [3.8, 4) is 0 Å². The molecule has 0 spiro atoms. The van der Waals surface area contributed by atoms with Crippen LogP contribution in [0, 0.1) is 0 Å². The van der Waals surface area contributed by atoms with Crippen LogP contribution in [-0.4, -0.2) is 44.7 Å². The Kier molecular flexibility index (Phi) is 3.33. The molecule has 2 aliphatic rings. The Labute approximate surface area is 156 Å². The quantitative estimate of drug-likeness (QED) is 0.707. The molecule has 1 unspecified atom stereocenters. The number of hydrogen-bond acceptors (Lipinski definition) is 4. The molecule has 1 aromatic carbocycles. The highest BCUT2D eigenvalue weighted by Crippen LogP contribution is 2.49. The minimum atomic E-state index is -0.990. The van der Waals surface area contributed by atoms with Crippen LogP contribution >= 0.6 is 0 Å². The van der Waals surface area contributed by atoms with Crippen molar-refractivity contribution in [2.24, 2.45) is 0 Å². The van der Waals surface area contributed by atoms with Crippen molar-refractivity contribution in [2.75, 3.05) is 13.1 Å². The number of benzene rings is 1. The first-order chi connectivity index (χ1) is 13.2. The standard InChI is InChI=1S/C21H16N4O2/c26-19(17-10-4-5-11-22-17)24-13-14-25-20(27)18-16(9-6-12-23-18)21(24,25)15-7-2-1-3-8-15/h1-12H,13-14H2. The van der Waals surface area contributed by atoms with Crippen molar-refractivity contribution in [3.63, 3.8) is 0 Å². The number of aromatic nitrogens is 2. The SMILES string of the molecule is O=C(c1ccccn1)N1CCN2C(=O)c3ncccc3C12c1ccccc1. The van der Waals surface area contributed by atoms with Crippen LogP contribution in [0.3, 0.4) is 0 Å². The summed E-state index contributed by atoms with van der Waals surface area (Å²) in [7, 11) is 0. The van der Waals surface area contributed by atoms with Gasteiger partial charge in [-0.15, -0.1) is 0 Å². The van der Waals surface area contributed by atoms with Crippen LogP contribution < -0.4 is 0 Å². The Hall–Kier alpha value is -3.54. The number of fused-ring (bicyclic) bond motifs is 3. The van der Waals surface area contributed by atoms with E-state index in [1.165, 1.54) is 0 Å². The van der Waals surface area contributed by atoms with Gasteiger partial charge in [0.15, 0.2) is 5.66 Å². The van der Waals surface area contributed by atoms with Crippen molar-refractivity contribution in [1.82, 2.24) is 19.8 Å². The molecule has 3 aromatic rings. The zero-order chi connectivity index (χ0) is 18.4. The molecular formula is C21H16N4O2. The van der Waals surface area contributed by atoms with Crippen LogP contribution in [0.15, 0.2) is 73.1 Å². The van der Waals surface area contributed by atoms with Crippen molar-refractivity contribution in [3.05, 3.63) is 95.6 Å². The summed E-state index contributed by atoms with van der Waals surface area (Å²) >= 11 is 0. The summed E-state index contributed by atoms with van der Waals surface area (Å²) in [5, 5.41) is 0. The van der Waals surface area contributed by atoms with Crippen LogP contribution in [0.2, 0.25) is 0 Å². The smallest absolute Gasteiger partial charge is 0.275 e. The predicted octanol–water partition coefficient (Wildman–Crippen LogP) is 2.29. The molecule has 1 saturated heterocycles. The second-order valence-corrected chi connectivity index (χ2v) is 6.57. The maximum atomic E-state index is 13.4. The fraction of sp³-hybridized carbons (Fsp3) is 0.143. The van der Waals surface area contributed by atoms with Gasteiger partial charge < -0.3 is 9.80 Å². The minimum Gasteiger partial charge on any atom is -0.304 e. The van der Waals surface area contributed by atoms with E-state index in [1.807, 2.05) is 42.5 Å². The van der Waals surface area contributed by atoms with Gasteiger partial charge in [0.2, 0.25) is 0 Å². The molecule has 5 rings (SSSR count). The van der Waals surface area contributed by atoms with Crippen molar-refractivity contribution in [1.29, 1.82) is 0 Å². The molecule has 0 N–H and O–H groups in total. The van der Waals surface area contributed by atoms with Gasteiger partial charge >= 0.3 is 0 Å². The summed E-state index contributed by atoms with van der Waals surface area (Å²) < 4.78 is 0. The summed E-state index contributed by atoms with van der Waals surface area (Å²) in [6, 6.07) is 18.6. The second kappa shape index (κ2) is 5.74. The maximum absolute atomic E-state index is 13.4. The third-order valence-electron chi connectivity index (χ3n) is 5.26. The van der Waals surface area contributed by atoms with E-state index in [0.717, 1.165) is 11.1 Å². The van der Waals surface area contributed by atoms with Crippen LogP contribution in [0.25, 0.3) is 0 Å². The van der Waals surface area contributed by atoms with Crippen LogP contribution in [-0.2, 0) is 5.66 Å². The number of hydrogen-bond donors (Lipinski definition) is 0. The van der Waals surface area contributed by atoms with E-state index in [9.17, 15) is 9.59 Å². The van der Waals surface area contributed by atoms with Gasteiger partial charge in [0, 0.05) is 36.6 Å². The first-order valence-corrected chi connectivity index (χ1v) is 8.80. The average molecular weight is 356 g/mol. The van der Waals surface area contributed by atoms with Crippen LogP contribution in [0.5, 0.6) is 0 Å². The molecule has 2 aliphatic heterocycles. The third-order valence-corrected chi connectivity index (χ3v) is 5.26. The number of amides is 2. The highest BCUT2D eigenvalue weighted by molar-refractivity contribution is 6.02. The molecular weight excluding hydrogens is 340 g/mol. The molecule has 0 bridgehead atoms. The largest absolute Gasteiger partial charge is 0.304 e. The summed E-state index contributed by atoms with van der Waals surface area (Å²) in [6.07, 6.45) is 3.22. The van der Waals surface area contributed by atoms with Crippen molar-refractivity contribution in [2.45, 2.75) is 5.66 Å². The molecule has 4 heterocycles. The van der Waals surface area contributed by atoms with Crippen LogP contribution in [0.1, 0.15) is 32.1 Å². The summed E-state index contributed by atoms with van der Waals surface area (Å²) in [6.45, 7) is 0.882. The minimum absolute atomic E-state index is 0.147. The van der Waals surface area contributed by atoms with E-state index < -0.39 is 5.66 Å². The predicted molar refractivity (Wildman–Crippen MR) is 97.8 cm³/mol. The fourth-order valence-electron chi connectivity index (χ4n) is 4.21. The summed E-state index contributed by atoms with van der Waals surface area (Å²) in [5.41, 5.74) is 1.38. The third kappa shape index (κ3) is 2.01. The first-order valence-electron chi connectivity index (χ1n) is 8.80. The zero-order valence-corrected chi connectivity index (χ0v) is 14.4. The van der Waals surface area contributed by atoms with E-state index in [0.29, 0.717) is 24.5 Å². The Bertz CT molecular complexity index is 1040. The Morgan fingerprint density at radius 3 is 2.44 bits per heavy atom. The van der Waals surface area contributed by atoms with Crippen molar-refractivity contribution < 1.29 is 9.59 Å². The number of pyridine rings is 2. The molecule has 2 aromatic heterocycles. The van der Waals surface area contributed by atoms with Gasteiger partial charge in [0.1, 0.15) is 11.4 Å². The Balaban J connectivity index is 1.77. The molecule has 0 radical (unpaired) electrons. The summed E-state index contributed by atoms with van der Waals surface area (Å²) in [4.78, 5) is 38.5. The van der Waals surface area contributed by atoms with Gasteiger partial charge in [0.05, 0.1) is 0 Å². The van der Waals surface area contributed by atoms with Gasteiger partial charge in [0.25, 0.3) is 11.8 Å². The number of rotatable bonds is 2. The van der Waals surface area contributed by atoms with Crippen LogP contribution in [0.4, 0.5) is 0 Å². The molecule has 1 atom stereocenters. The molecule has 132 valence electrons. The van der Waals surface area contributed by atoms with Gasteiger partial charge in [-0.3, -0.25) is 19.6 Å². The van der Waals surface area contributed by atoms with E-state index in [2.05, 4.69) is 9.97 Å². The molecule has 6 nitrogen and oxygen atoms in total. The molecule has 1 fully saturated rings. The van der Waals surface area contributed by atoms with E-state index in [1.54, 1.807) is 40.4 Å². The highest BCUT2D eigenvalue weighted by Gasteiger charge is 2.60. The first kappa shape index (κ1) is 15.7. The van der Waals surface area contributed by atoms with E-state index >= 15 is 0 Å². The zero-order valence-electron chi connectivity index (χ0n) is 14.4. The Morgan fingerprint density at radius 2 is 1.67 bits per heavy atom. The number of nitrogens with zero attached hydrogens (tertiary/aromatic N) is 4. The lowest BCUT2D eigenvalue weighted by Crippen LogP contribution is -2.51. The number of carbonyl (C=O) groups excluding carboxylic acids is 2. The molecule has 2 amide bonds. The van der Waals surface area contributed by atoms with Gasteiger partial charge in [-0.05, 0) is 18.2 Å². The maximum Gasteiger partial charge on any atom is 0.275 e. The monoisotopic (exact) mass is 356 g/mol. The van der Waals surface area contributed by atoms with Crippen molar-refractivity contribution >= 4 is 11.8 Å². The summed E-state index contributed by atoms with van der Waals surface area (Å²) in [5.74, 6) is -0.350. The van der Waals surface area contributed by atoms with E-state index in [4.69, 9.17) is 0 Å². The molecule has 0 aliphatic carbocycles. The highest BCUT2D eigenvalue weighted by atomic mass is 16.2. The number of carbonyl (C=O) groups is 2. The lowest BCUT2D eigenvalue weighted by Gasteiger charge is -2.40. The molecule has 0 saturated carbocycles. The fourth-order valence-corrected chi connectivity index (χ4v) is 4.21. The molecule has 27 heavy (non-hydrogen) atoms. The second-order valence-electron chi connectivity index (χ2n) is 6.57. The van der Waals surface area contributed by atoms with Gasteiger partial charge in [-0.2, -0.15) is 0 Å². The lowest BCUT2D eigenvalue weighted by molar-refractivity contribution is 0.0371. The van der Waals surface area contributed by atoms with E-state index in [-0.39, 0.29) is 11.8 Å². The molecule has 6 heteroatoms. The lowest BCUT2D eigenvalue weighted by atomic mass is 9.91. The average Bonchev–Trinajstić information content (AvgIpc) is 3.25.